The van der Waals surface area contributed by atoms with Crippen LogP contribution in [0.3, 0.4) is 0 Å². The second-order valence-electron chi connectivity index (χ2n) is 9.40. The summed E-state index contributed by atoms with van der Waals surface area (Å²) in [5, 5.41) is 21.5. The lowest BCUT2D eigenvalue weighted by molar-refractivity contribution is -0.143. The van der Waals surface area contributed by atoms with Crippen molar-refractivity contribution >= 4 is 28.9 Å². The fourth-order valence-corrected chi connectivity index (χ4v) is 5.61. The molecule has 10 nitrogen and oxygen atoms in total. The molecule has 3 aromatic heterocycles. The Kier molecular flexibility index (Phi) is 6.19. The molecule has 37 heavy (non-hydrogen) atoms. The summed E-state index contributed by atoms with van der Waals surface area (Å²) in [5.41, 5.74) is 2.19. The van der Waals surface area contributed by atoms with Crippen LogP contribution < -0.4 is 5.32 Å². The zero-order valence-corrected chi connectivity index (χ0v) is 21.2. The van der Waals surface area contributed by atoms with E-state index in [-0.39, 0.29) is 5.91 Å². The topological polar surface area (TPSA) is 118 Å². The van der Waals surface area contributed by atoms with E-state index in [2.05, 4.69) is 20.4 Å². The predicted molar refractivity (Wildman–Crippen MR) is 139 cm³/mol. The summed E-state index contributed by atoms with van der Waals surface area (Å²) in [5.74, 6) is 0.190. The lowest BCUT2D eigenvalue weighted by Crippen LogP contribution is -2.36. The number of likely N-dealkylation sites (tertiary alicyclic amines) is 1. The van der Waals surface area contributed by atoms with Crippen LogP contribution in [0.1, 0.15) is 30.9 Å². The fourth-order valence-electron chi connectivity index (χ4n) is 4.80. The highest BCUT2D eigenvalue weighted by Crippen LogP contribution is 2.36. The fraction of sp³-hybridized carbons (Fsp3) is 0.346. The molecule has 0 unspecified atom stereocenters. The first-order valence-electron chi connectivity index (χ1n) is 12.3. The predicted octanol–water partition coefficient (Wildman–Crippen LogP) is 3.61. The number of rotatable bonds is 6. The lowest BCUT2D eigenvalue weighted by Gasteiger charge is -2.22. The van der Waals surface area contributed by atoms with E-state index in [9.17, 15) is 9.90 Å². The van der Waals surface area contributed by atoms with Crippen molar-refractivity contribution in [2.75, 3.05) is 32.1 Å². The van der Waals surface area contributed by atoms with Gasteiger partial charge in [-0.05, 0) is 30.5 Å². The molecule has 190 valence electrons. The van der Waals surface area contributed by atoms with E-state index in [1.807, 2.05) is 40.5 Å². The molecule has 0 saturated carbocycles. The summed E-state index contributed by atoms with van der Waals surface area (Å²) >= 11 is 1.49. The van der Waals surface area contributed by atoms with Gasteiger partial charge >= 0.3 is 0 Å². The number of aliphatic hydroxyl groups is 1. The van der Waals surface area contributed by atoms with Gasteiger partial charge < -0.3 is 20.1 Å². The van der Waals surface area contributed by atoms with Crippen LogP contribution >= 0.6 is 11.3 Å². The number of hydrogen-bond acceptors (Lipinski definition) is 9. The molecule has 0 aliphatic carbocycles. The van der Waals surface area contributed by atoms with Crippen molar-refractivity contribution in [1.29, 1.82) is 0 Å². The number of amides is 1. The Balaban J connectivity index is 1.20. The third kappa shape index (κ3) is 4.61. The number of nitrogens with one attached hydrogen (secondary N) is 1. The molecule has 2 fully saturated rings. The highest BCUT2D eigenvalue weighted by molar-refractivity contribution is 7.13. The van der Waals surface area contributed by atoms with Crippen LogP contribution in [-0.2, 0) is 15.1 Å². The van der Waals surface area contributed by atoms with E-state index >= 15 is 0 Å². The Morgan fingerprint density at radius 1 is 1.19 bits per heavy atom. The highest BCUT2D eigenvalue weighted by atomic mass is 32.1. The molecule has 0 spiro atoms. The molecule has 2 N–H and O–H groups in total. The molecule has 5 heterocycles. The van der Waals surface area contributed by atoms with E-state index in [1.165, 1.54) is 11.3 Å². The smallest absolute Gasteiger partial charge is 0.258 e. The van der Waals surface area contributed by atoms with E-state index in [1.54, 1.807) is 30.4 Å². The van der Waals surface area contributed by atoms with Gasteiger partial charge in [0.15, 0.2) is 5.60 Å². The van der Waals surface area contributed by atoms with Crippen LogP contribution in [-0.4, -0.2) is 67.5 Å². The Hall–Kier alpha value is -3.67. The number of nitrogens with zero attached hydrogens (tertiary/aromatic N) is 6. The number of carbonyl (C=O) groups is 1. The Morgan fingerprint density at radius 3 is 2.86 bits per heavy atom. The van der Waals surface area contributed by atoms with Gasteiger partial charge in [-0.3, -0.25) is 9.48 Å². The van der Waals surface area contributed by atoms with Crippen LogP contribution in [0.5, 0.6) is 0 Å². The maximum atomic E-state index is 12.5. The van der Waals surface area contributed by atoms with Gasteiger partial charge in [0.1, 0.15) is 10.7 Å². The molecule has 2 aliphatic heterocycles. The number of aromatic nitrogens is 5. The Bertz CT molecular complexity index is 1430. The summed E-state index contributed by atoms with van der Waals surface area (Å²) in [6.45, 7) is 2.05. The van der Waals surface area contributed by atoms with E-state index in [0.717, 1.165) is 48.0 Å². The average molecular weight is 518 g/mol. The molecular formula is C26H27N7O3S. The van der Waals surface area contributed by atoms with Crippen LogP contribution in [0.25, 0.3) is 22.0 Å². The molecule has 2 aliphatic rings. The first-order chi connectivity index (χ1) is 18.0. The quantitative estimate of drug-likeness (QED) is 0.398. The first-order valence-corrected chi connectivity index (χ1v) is 13.1. The van der Waals surface area contributed by atoms with E-state index < -0.39 is 5.60 Å². The molecule has 1 atom stereocenters. The normalized spacial score (nSPS) is 20.5. The number of ether oxygens (including phenoxy) is 1. The maximum Gasteiger partial charge on any atom is 0.258 e. The van der Waals surface area contributed by atoms with E-state index in [4.69, 9.17) is 9.72 Å². The summed E-state index contributed by atoms with van der Waals surface area (Å²) < 4.78 is 7.42. The molecule has 11 heteroatoms. The first kappa shape index (κ1) is 23.7. The number of likely N-dealkylation sites (N-methyl/N-ethyl adjacent to an activating group) is 1. The molecule has 4 aromatic rings. The van der Waals surface area contributed by atoms with Crippen molar-refractivity contribution in [2.45, 2.75) is 30.9 Å². The summed E-state index contributed by atoms with van der Waals surface area (Å²) in [6, 6.07) is 9.59. The minimum absolute atomic E-state index is 0.274. The van der Waals surface area contributed by atoms with Gasteiger partial charge in [0.2, 0.25) is 5.95 Å². The van der Waals surface area contributed by atoms with Gasteiger partial charge in [-0.2, -0.15) is 5.10 Å². The van der Waals surface area contributed by atoms with Crippen molar-refractivity contribution in [3.8, 4) is 22.0 Å². The van der Waals surface area contributed by atoms with Crippen LogP contribution in [0.15, 0.2) is 54.3 Å². The van der Waals surface area contributed by atoms with Crippen LogP contribution in [0.4, 0.5) is 11.6 Å². The Morgan fingerprint density at radius 2 is 2.05 bits per heavy atom. The van der Waals surface area contributed by atoms with Gasteiger partial charge in [-0.25, -0.2) is 15.0 Å². The van der Waals surface area contributed by atoms with Gasteiger partial charge in [0, 0.05) is 56.6 Å². The summed E-state index contributed by atoms with van der Waals surface area (Å²) in [4.78, 5) is 27.9. The van der Waals surface area contributed by atoms with Gasteiger partial charge in [-0.15, -0.1) is 11.3 Å². The van der Waals surface area contributed by atoms with Gasteiger partial charge in [0.25, 0.3) is 5.91 Å². The number of hydrogen-bond donors (Lipinski definition) is 2. The molecule has 0 bridgehead atoms. The zero-order valence-electron chi connectivity index (χ0n) is 20.4. The second-order valence-corrected chi connectivity index (χ2v) is 10.3. The standard InChI is InChI=1S/C26H27N7O3S/c1-32-10-8-26(35,24(32)34)18-4-2-3-17(13-18)23-30-22(16-37-23)21-5-9-27-25(31-21)29-19-14-28-33(15-19)20-6-11-36-12-7-20/h2-5,9,13-16,20,35H,6-8,10-12H2,1H3,(H,27,29,31)/t26-/m1/s1. The monoisotopic (exact) mass is 517 g/mol. The molecule has 2 saturated heterocycles. The largest absolute Gasteiger partial charge is 0.381 e. The second kappa shape index (κ2) is 9.66. The molecule has 1 amide bonds. The third-order valence-corrected chi connectivity index (χ3v) is 7.83. The number of carbonyl (C=O) groups excluding carboxylic acids is 1. The van der Waals surface area contributed by atoms with E-state index in [0.29, 0.717) is 36.2 Å². The Labute approximate surface area is 218 Å². The van der Waals surface area contributed by atoms with Crippen LogP contribution in [0.2, 0.25) is 0 Å². The zero-order chi connectivity index (χ0) is 25.4. The molecule has 0 radical (unpaired) electrons. The number of anilines is 2. The third-order valence-electron chi connectivity index (χ3n) is 6.94. The lowest BCUT2D eigenvalue weighted by atomic mass is 9.91. The minimum Gasteiger partial charge on any atom is -0.381 e. The van der Waals surface area contributed by atoms with Crippen LogP contribution in [0, 0.1) is 0 Å². The van der Waals surface area contributed by atoms with Crippen molar-refractivity contribution in [1.82, 2.24) is 29.6 Å². The average Bonchev–Trinajstić information content (AvgIpc) is 3.67. The van der Waals surface area contributed by atoms with Crippen molar-refractivity contribution in [3.05, 3.63) is 59.9 Å². The van der Waals surface area contributed by atoms with Gasteiger partial charge in [0.05, 0.1) is 23.6 Å². The SMILES string of the molecule is CN1CC[C@@](O)(c2cccc(-c3nc(-c4ccnc(Nc5cnn(C6CCOCC6)c5)n4)cs3)c2)C1=O. The molecule has 6 rings (SSSR count). The van der Waals surface area contributed by atoms with Crippen molar-refractivity contribution in [2.24, 2.45) is 0 Å². The number of thiazole rings is 1. The van der Waals surface area contributed by atoms with Crippen molar-refractivity contribution < 1.29 is 14.6 Å². The minimum atomic E-state index is -1.49. The number of benzene rings is 1. The summed E-state index contributed by atoms with van der Waals surface area (Å²) in [6.07, 6.45) is 7.73. The van der Waals surface area contributed by atoms with Gasteiger partial charge in [-0.1, -0.05) is 18.2 Å². The summed E-state index contributed by atoms with van der Waals surface area (Å²) in [7, 11) is 1.71. The maximum absolute atomic E-state index is 12.5. The molecule has 1 aromatic carbocycles. The highest BCUT2D eigenvalue weighted by Gasteiger charge is 2.45. The molecular weight excluding hydrogens is 490 g/mol. The van der Waals surface area contributed by atoms with Crippen molar-refractivity contribution in [3.63, 3.8) is 0 Å².